The number of fused-ring (bicyclic) bond motifs is 2. The van der Waals surface area contributed by atoms with Gasteiger partial charge in [0.05, 0.1) is 11.2 Å². The standard InChI is InChI=1S/C18H18N4O/c1-12-5-4-8-22-16(9-12)21-15-10-13(11-20-17(15)18(22)23)14-6-2-3-7-19-14/h2-3,6-7,10-12H,4-5,8-9H2,1H3. The van der Waals surface area contributed by atoms with Gasteiger partial charge in [-0.05, 0) is 37.0 Å². The lowest BCUT2D eigenvalue weighted by molar-refractivity contribution is 0.519. The van der Waals surface area contributed by atoms with Gasteiger partial charge in [-0.25, -0.2) is 9.97 Å². The second kappa shape index (κ2) is 5.57. The fraction of sp³-hybridized carbons (Fsp3) is 0.333. The molecule has 3 aromatic rings. The quantitative estimate of drug-likeness (QED) is 0.693. The summed E-state index contributed by atoms with van der Waals surface area (Å²) in [5, 5.41) is 0. The average molecular weight is 306 g/mol. The van der Waals surface area contributed by atoms with E-state index in [1.54, 1.807) is 17.0 Å². The van der Waals surface area contributed by atoms with Crippen molar-refractivity contribution >= 4 is 11.0 Å². The Morgan fingerprint density at radius 3 is 3.00 bits per heavy atom. The summed E-state index contributed by atoms with van der Waals surface area (Å²) >= 11 is 0. The van der Waals surface area contributed by atoms with E-state index >= 15 is 0 Å². The Morgan fingerprint density at radius 2 is 2.17 bits per heavy atom. The summed E-state index contributed by atoms with van der Waals surface area (Å²) in [6.07, 6.45) is 6.46. The molecule has 23 heavy (non-hydrogen) atoms. The Balaban J connectivity index is 1.91. The van der Waals surface area contributed by atoms with E-state index in [1.807, 2.05) is 24.3 Å². The Bertz CT molecular complexity index is 917. The first-order valence-corrected chi connectivity index (χ1v) is 8.03. The molecule has 0 aliphatic carbocycles. The summed E-state index contributed by atoms with van der Waals surface area (Å²) in [6, 6.07) is 7.67. The monoisotopic (exact) mass is 306 g/mol. The van der Waals surface area contributed by atoms with Crippen LogP contribution in [0.2, 0.25) is 0 Å². The molecule has 116 valence electrons. The van der Waals surface area contributed by atoms with Gasteiger partial charge in [0.1, 0.15) is 5.82 Å². The highest BCUT2D eigenvalue weighted by molar-refractivity contribution is 5.78. The van der Waals surface area contributed by atoms with Crippen LogP contribution in [0.4, 0.5) is 0 Å². The van der Waals surface area contributed by atoms with Crippen molar-refractivity contribution in [1.29, 1.82) is 0 Å². The predicted molar refractivity (Wildman–Crippen MR) is 89.1 cm³/mol. The van der Waals surface area contributed by atoms with E-state index in [1.165, 1.54) is 0 Å². The Labute approximate surface area is 134 Å². The SMILES string of the molecule is CC1CCCn2c(nc3cc(-c4ccccn4)cnc3c2=O)C1. The largest absolute Gasteiger partial charge is 0.295 e. The molecule has 0 N–H and O–H groups in total. The van der Waals surface area contributed by atoms with Gasteiger partial charge in [-0.1, -0.05) is 13.0 Å². The average Bonchev–Trinajstić information content (AvgIpc) is 2.76. The zero-order chi connectivity index (χ0) is 15.8. The van der Waals surface area contributed by atoms with Crippen LogP contribution < -0.4 is 5.56 Å². The van der Waals surface area contributed by atoms with Crippen LogP contribution in [0.15, 0.2) is 41.5 Å². The molecule has 0 amide bonds. The molecule has 0 bridgehead atoms. The van der Waals surface area contributed by atoms with Gasteiger partial charge in [-0.3, -0.25) is 14.3 Å². The van der Waals surface area contributed by atoms with Crippen molar-refractivity contribution in [3.8, 4) is 11.3 Å². The summed E-state index contributed by atoms with van der Waals surface area (Å²) in [6.45, 7) is 2.96. The van der Waals surface area contributed by atoms with Crippen LogP contribution in [-0.4, -0.2) is 19.5 Å². The third-order valence-corrected chi connectivity index (χ3v) is 4.45. The van der Waals surface area contributed by atoms with Gasteiger partial charge < -0.3 is 0 Å². The van der Waals surface area contributed by atoms with Crippen LogP contribution in [-0.2, 0) is 13.0 Å². The fourth-order valence-electron chi connectivity index (χ4n) is 3.22. The smallest absolute Gasteiger partial charge is 0.280 e. The van der Waals surface area contributed by atoms with Crippen molar-refractivity contribution in [1.82, 2.24) is 19.5 Å². The predicted octanol–water partition coefficient (Wildman–Crippen LogP) is 2.83. The minimum Gasteiger partial charge on any atom is -0.295 e. The molecule has 1 aliphatic rings. The molecule has 5 heteroatoms. The maximum absolute atomic E-state index is 12.7. The number of pyridine rings is 2. The number of nitrogens with zero attached hydrogens (tertiary/aromatic N) is 4. The van der Waals surface area contributed by atoms with Crippen molar-refractivity contribution in [3.05, 3.63) is 52.8 Å². The Kier molecular flexibility index (Phi) is 3.41. The first kappa shape index (κ1) is 14.1. The molecule has 0 aromatic carbocycles. The maximum atomic E-state index is 12.7. The van der Waals surface area contributed by atoms with Gasteiger partial charge in [-0.15, -0.1) is 0 Å². The zero-order valence-corrected chi connectivity index (χ0v) is 13.1. The molecule has 4 heterocycles. The third kappa shape index (κ3) is 2.52. The molecular formula is C18H18N4O. The molecule has 0 saturated heterocycles. The molecule has 5 nitrogen and oxygen atoms in total. The van der Waals surface area contributed by atoms with Crippen molar-refractivity contribution in [3.63, 3.8) is 0 Å². The highest BCUT2D eigenvalue weighted by Gasteiger charge is 2.18. The summed E-state index contributed by atoms with van der Waals surface area (Å²) in [5.74, 6) is 1.44. The van der Waals surface area contributed by atoms with Crippen LogP contribution in [0.5, 0.6) is 0 Å². The second-order valence-corrected chi connectivity index (χ2v) is 6.24. The first-order valence-electron chi connectivity index (χ1n) is 8.03. The highest BCUT2D eigenvalue weighted by atomic mass is 16.1. The zero-order valence-electron chi connectivity index (χ0n) is 13.1. The Hall–Kier alpha value is -2.56. The second-order valence-electron chi connectivity index (χ2n) is 6.24. The highest BCUT2D eigenvalue weighted by Crippen LogP contribution is 2.21. The van der Waals surface area contributed by atoms with Gasteiger partial charge in [-0.2, -0.15) is 0 Å². The van der Waals surface area contributed by atoms with Crippen LogP contribution in [0, 0.1) is 5.92 Å². The van der Waals surface area contributed by atoms with E-state index in [0.717, 1.165) is 42.9 Å². The Morgan fingerprint density at radius 1 is 1.26 bits per heavy atom. The van der Waals surface area contributed by atoms with Crippen molar-refractivity contribution in [2.75, 3.05) is 0 Å². The molecule has 3 aromatic heterocycles. The lowest BCUT2D eigenvalue weighted by Crippen LogP contribution is -2.25. The molecule has 1 aliphatic heterocycles. The fourth-order valence-corrected chi connectivity index (χ4v) is 3.22. The molecule has 4 rings (SSSR count). The molecule has 1 atom stereocenters. The lowest BCUT2D eigenvalue weighted by atomic mass is 10.0. The molecule has 1 unspecified atom stereocenters. The molecule has 0 spiro atoms. The summed E-state index contributed by atoms with van der Waals surface area (Å²) in [5.41, 5.74) is 2.82. The third-order valence-electron chi connectivity index (χ3n) is 4.45. The normalized spacial score (nSPS) is 17.7. The van der Waals surface area contributed by atoms with E-state index in [0.29, 0.717) is 17.0 Å². The first-order chi connectivity index (χ1) is 11.2. The maximum Gasteiger partial charge on any atom is 0.280 e. The molecule has 0 saturated carbocycles. The van der Waals surface area contributed by atoms with Crippen molar-refractivity contribution in [2.45, 2.75) is 32.7 Å². The molecular weight excluding hydrogens is 288 g/mol. The number of hydrogen-bond acceptors (Lipinski definition) is 4. The molecule has 0 fully saturated rings. The van der Waals surface area contributed by atoms with Crippen molar-refractivity contribution < 1.29 is 0 Å². The number of rotatable bonds is 1. The van der Waals surface area contributed by atoms with Gasteiger partial charge in [0.15, 0.2) is 5.52 Å². The van der Waals surface area contributed by atoms with E-state index < -0.39 is 0 Å². The number of aromatic nitrogens is 4. The minimum atomic E-state index is -0.0216. The summed E-state index contributed by atoms with van der Waals surface area (Å²) in [4.78, 5) is 26.2. The van der Waals surface area contributed by atoms with Crippen molar-refractivity contribution in [2.24, 2.45) is 5.92 Å². The lowest BCUT2D eigenvalue weighted by Gasteiger charge is -2.11. The van der Waals surface area contributed by atoms with E-state index in [9.17, 15) is 4.79 Å². The van der Waals surface area contributed by atoms with Crippen LogP contribution in [0.1, 0.15) is 25.6 Å². The van der Waals surface area contributed by atoms with Crippen LogP contribution in [0.3, 0.4) is 0 Å². The number of hydrogen-bond donors (Lipinski definition) is 0. The van der Waals surface area contributed by atoms with Gasteiger partial charge in [0.2, 0.25) is 0 Å². The van der Waals surface area contributed by atoms with Gasteiger partial charge in [0, 0.05) is 30.9 Å². The van der Waals surface area contributed by atoms with Gasteiger partial charge in [0.25, 0.3) is 5.56 Å². The molecule has 0 radical (unpaired) electrons. The van der Waals surface area contributed by atoms with E-state index in [4.69, 9.17) is 4.98 Å². The van der Waals surface area contributed by atoms with E-state index in [-0.39, 0.29) is 5.56 Å². The van der Waals surface area contributed by atoms with Crippen LogP contribution >= 0.6 is 0 Å². The van der Waals surface area contributed by atoms with E-state index in [2.05, 4.69) is 16.9 Å². The van der Waals surface area contributed by atoms with Gasteiger partial charge >= 0.3 is 0 Å². The van der Waals surface area contributed by atoms with Crippen LogP contribution in [0.25, 0.3) is 22.3 Å². The summed E-state index contributed by atoms with van der Waals surface area (Å²) < 4.78 is 1.80. The minimum absolute atomic E-state index is 0.0216. The summed E-state index contributed by atoms with van der Waals surface area (Å²) in [7, 11) is 0. The topological polar surface area (TPSA) is 60.7 Å².